The summed E-state index contributed by atoms with van der Waals surface area (Å²) in [6.45, 7) is 4.68. The van der Waals surface area contributed by atoms with Gasteiger partial charge in [-0.25, -0.2) is 9.19 Å². The van der Waals surface area contributed by atoms with E-state index in [0.717, 1.165) is 6.20 Å². The van der Waals surface area contributed by atoms with Crippen molar-refractivity contribution < 1.29 is 22.1 Å². The third-order valence-corrected chi connectivity index (χ3v) is 4.57. The number of hydrogen-bond acceptors (Lipinski definition) is 3. The minimum atomic E-state index is -4.76. The molecule has 2 aromatic rings. The fourth-order valence-electron chi connectivity index (χ4n) is 1.99. The van der Waals surface area contributed by atoms with Crippen LogP contribution in [0.15, 0.2) is 34.9 Å². The van der Waals surface area contributed by atoms with E-state index in [1.807, 2.05) is 0 Å². The Balaban J connectivity index is 2.76. The fraction of sp³-hybridized carbons (Fsp3) is 0.375. The Morgan fingerprint density at radius 2 is 1.75 bits per heavy atom. The van der Waals surface area contributed by atoms with Gasteiger partial charge >= 0.3 is 6.18 Å². The van der Waals surface area contributed by atoms with Crippen LogP contribution in [0.2, 0.25) is 0 Å². The molecular weight excluding hydrogens is 341 g/mol. The van der Waals surface area contributed by atoms with Gasteiger partial charge in [-0.2, -0.15) is 17.6 Å². The Labute approximate surface area is 140 Å². The van der Waals surface area contributed by atoms with Gasteiger partial charge < -0.3 is 4.74 Å². The molecule has 0 bridgehead atoms. The molecule has 0 unspecified atom stereocenters. The molecule has 0 fully saturated rings. The van der Waals surface area contributed by atoms with Gasteiger partial charge in [0.15, 0.2) is 5.71 Å². The van der Waals surface area contributed by atoms with Crippen molar-refractivity contribution in [1.29, 1.82) is 0 Å². The van der Waals surface area contributed by atoms with Crippen LogP contribution in [0.3, 0.4) is 0 Å². The molecule has 0 spiro atoms. The van der Waals surface area contributed by atoms with Crippen molar-refractivity contribution in [2.75, 3.05) is 7.11 Å². The predicted octanol–water partition coefficient (Wildman–Crippen LogP) is 4.06. The molecular formula is C16H17F3N2O2S. The molecule has 1 aromatic carbocycles. The summed E-state index contributed by atoms with van der Waals surface area (Å²) >= 11 is 0. The van der Waals surface area contributed by atoms with Crippen LogP contribution < -0.4 is 4.74 Å². The van der Waals surface area contributed by atoms with Crippen LogP contribution in [0.1, 0.15) is 26.3 Å². The van der Waals surface area contributed by atoms with E-state index in [2.05, 4.69) is 9.38 Å². The maximum atomic E-state index is 13.5. The highest BCUT2D eigenvalue weighted by atomic mass is 32.2. The number of halogens is 3. The second-order valence-electron chi connectivity index (χ2n) is 6.03. The molecule has 0 saturated carbocycles. The number of hydrogen-bond donors (Lipinski definition) is 0. The number of aromatic nitrogens is 1. The van der Waals surface area contributed by atoms with Gasteiger partial charge in [0.25, 0.3) is 0 Å². The van der Waals surface area contributed by atoms with Crippen molar-refractivity contribution in [3.63, 3.8) is 0 Å². The van der Waals surface area contributed by atoms with Crippen molar-refractivity contribution in [2.45, 2.75) is 31.7 Å². The standard InChI is InChI=1S/C16H17F3N2O2S/c1-15(2,3)24(22)21-13(16(17,18)19)12-9-20-14(23-4)11-8-6-5-7-10(11)12/h5-9H,1-4H3/t24-/m1/s1. The Morgan fingerprint density at radius 3 is 2.25 bits per heavy atom. The van der Waals surface area contributed by atoms with Gasteiger partial charge in [0.2, 0.25) is 5.88 Å². The third kappa shape index (κ3) is 3.75. The van der Waals surface area contributed by atoms with Gasteiger partial charge in [0.05, 0.1) is 11.9 Å². The highest BCUT2D eigenvalue weighted by molar-refractivity contribution is 7.85. The minimum Gasteiger partial charge on any atom is -0.481 e. The highest BCUT2D eigenvalue weighted by Crippen LogP contribution is 2.32. The first kappa shape index (κ1) is 18.4. The molecule has 0 radical (unpaired) electrons. The predicted molar refractivity (Wildman–Crippen MR) is 88.8 cm³/mol. The van der Waals surface area contributed by atoms with E-state index in [1.54, 1.807) is 39.0 Å². The summed E-state index contributed by atoms with van der Waals surface area (Å²) in [6, 6.07) is 6.42. The van der Waals surface area contributed by atoms with Crippen LogP contribution in [0, 0.1) is 0 Å². The summed E-state index contributed by atoms with van der Waals surface area (Å²) in [5.74, 6) is 0.216. The summed E-state index contributed by atoms with van der Waals surface area (Å²) in [5.41, 5.74) is -1.43. The average molecular weight is 358 g/mol. The van der Waals surface area contributed by atoms with E-state index >= 15 is 0 Å². The first-order valence-electron chi connectivity index (χ1n) is 7.05. The van der Waals surface area contributed by atoms with Crippen molar-refractivity contribution in [2.24, 2.45) is 4.40 Å². The molecule has 0 aliphatic carbocycles. The molecule has 2 rings (SSSR count). The molecule has 1 heterocycles. The SMILES string of the molecule is COc1ncc(C(=N[S@](=O)C(C)(C)C)C(F)(F)F)c2ccccc12. The van der Waals surface area contributed by atoms with Gasteiger partial charge in [0.1, 0.15) is 11.0 Å². The van der Waals surface area contributed by atoms with Crippen LogP contribution >= 0.6 is 0 Å². The Kier molecular flexibility index (Phi) is 4.98. The second-order valence-corrected chi connectivity index (χ2v) is 7.93. The topological polar surface area (TPSA) is 51.6 Å². The van der Waals surface area contributed by atoms with E-state index < -0.39 is 27.6 Å². The number of fused-ring (bicyclic) bond motifs is 1. The van der Waals surface area contributed by atoms with Gasteiger partial charge in [-0.15, -0.1) is 0 Å². The summed E-state index contributed by atoms with van der Waals surface area (Å²) in [7, 11) is -0.665. The lowest BCUT2D eigenvalue weighted by Gasteiger charge is -2.17. The summed E-state index contributed by atoms with van der Waals surface area (Å²) in [5, 5.41) is 0.710. The fourth-order valence-corrected chi connectivity index (χ4v) is 2.63. The smallest absolute Gasteiger partial charge is 0.434 e. The number of ether oxygens (including phenoxy) is 1. The molecule has 0 amide bonds. The molecule has 1 aromatic heterocycles. The van der Waals surface area contributed by atoms with E-state index in [4.69, 9.17) is 4.74 Å². The van der Waals surface area contributed by atoms with E-state index in [9.17, 15) is 17.4 Å². The Morgan fingerprint density at radius 1 is 1.17 bits per heavy atom. The van der Waals surface area contributed by atoms with Crippen LogP contribution in [0.5, 0.6) is 5.88 Å². The quantitative estimate of drug-likeness (QED) is 0.778. The largest absolute Gasteiger partial charge is 0.481 e. The molecule has 0 aliphatic rings. The molecule has 4 nitrogen and oxygen atoms in total. The molecule has 0 aliphatic heterocycles. The lowest BCUT2D eigenvalue weighted by molar-refractivity contribution is -0.0577. The van der Waals surface area contributed by atoms with E-state index in [1.165, 1.54) is 13.2 Å². The number of rotatable bonds is 3. The van der Waals surface area contributed by atoms with Crippen molar-refractivity contribution in [3.05, 3.63) is 36.0 Å². The van der Waals surface area contributed by atoms with E-state index in [-0.39, 0.29) is 16.8 Å². The maximum Gasteiger partial charge on any atom is 0.434 e. The first-order valence-corrected chi connectivity index (χ1v) is 8.16. The molecule has 24 heavy (non-hydrogen) atoms. The zero-order valence-electron chi connectivity index (χ0n) is 13.6. The average Bonchev–Trinajstić information content (AvgIpc) is 2.49. The van der Waals surface area contributed by atoms with Crippen LogP contribution in [0.4, 0.5) is 13.2 Å². The second kappa shape index (κ2) is 6.51. The molecule has 0 saturated heterocycles. The van der Waals surface area contributed by atoms with Gasteiger partial charge in [0, 0.05) is 17.1 Å². The van der Waals surface area contributed by atoms with Crippen molar-refractivity contribution in [3.8, 4) is 5.88 Å². The lowest BCUT2D eigenvalue weighted by Crippen LogP contribution is -2.28. The summed E-state index contributed by atoms with van der Waals surface area (Å²) < 4.78 is 60.4. The summed E-state index contributed by atoms with van der Waals surface area (Å²) in [6.07, 6.45) is -3.71. The third-order valence-electron chi connectivity index (χ3n) is 3.17. The number of pyridine rings is 1. The summed E-state index contributed by atoms with van der Waals surface area (Å²) in [4.78, 5) is 3.93. The molecule has 8 heteroatoms. The monoisotopic (exact) mass is 358 g/mol. The highest BCUT2D eigenvalue weighted by Gasteiger charge is 2.39. The van der Waals surface area contributed by atoms with Crippen molar-refractivity contribution in [1.82, 2.24) is 4.98 Å². The van der Waals surface area contributed by atoms with Gasteiger partial charge in [-0.1, -0.05) is 18.2 Å². The van der Waals surface area contributed by atoms with Gasteiger partial charge in [-0.05, 0) is 32.2 Å². The van der Waals surface area contributed by atoms with Crippen LogP contribution in [-0.4, -0.2) is 32.9 Å². The first-order chi connectivity index (χ1) is 11.1. The Hall–Kier alpha value is -1.96. The normalized spacial score (nSPS) is 14.7. The minimum absolute atomic E-state index is 0.216. The zero-order valence-corrected chi connectivity index (χ0v) is 14.5. The maximum absolute atomic E-state index is 13.5. The molecule has 130 valence electrons. The zero-order chi connectivity index (χ0) is 18.1. The van der Waals surface area contributed by atoms with Gasteiger partial charge in [-0.3, -0.25) is 0 Å². The van der Waals surface area contributed by atoms with Crippen LogP contribution in [0.25, 0.3) is 10.8 Å². The number of benzene rings is 1. The Bertz CT molecular complexity index is 811. The molecule has 0 N–H and O–H groups in total. The van der Waals surface area contributed by atoms with Crippen molar-refractivity contribution >= 4 is 27.5 Å². The van der Waals surface area contributed by atoms with Crippen LogP contribution in [-0.2, 0) is 11.0 Å². The number of nitrogens with zero attached hydrogens (tertiary/aromatic N) is 2. The number of alkyl halides is 3. The number of methoxy groups -OCH3 is 1. The lowest BCUT2D eigenvalue weighted by atomic mass is 10.0. The molecule has 1 atom stereocenters. The van der Waals surface area contributed by atoms with E-state index in [0.29, 0.717) is 5.39 Å².